The molecule has 0 spiro atoms. The molecule has 0 aliphatic carbocycles. The molecule has 0 radical (unpaired) electrons. The third-order valence-electron chi connectivity index (χ3n) is 2.42. The fraction of sp³-hybridized carbons (Fsp3) is 0.636. The van der Waals surface area contributed by atoms with Crippen LogP contribution >= 0.6 is 38.9 Å². The van der Waals surface area contributed by atoms with Crippen molar-refractivity contribution in [2.24, 2.45) is 5.73 Å². The van der Waals surface area contributed by atoms with Gasteiger partial charge in [0.15, 0.2) is 0 Å². The van der Waals surface area contributed by atoms with E-state index >= 15 is 0 Å². The van der Waals surface area contributed by atoms with E-state index in [0.29, 0.717) is 13.0 Å². The first-order valence-electron chi connectivity index (χ1n) is 5.53. The maximum absolute atomic E-state index is 9.33. The average molecular weight is 342 g/mol. The number of halogens is 2. The summed E-state index contributed by atoms with van der Waals surface area (Å²) in [5.41, 5.74) is 5.77. The highest BCUT2D eigenvalue weighted by molar-refractivity contribution is 9.10. The number of hydrogen-bond acceptors (Lipinski definition) is 4. The summed E-state index contributed by atoms with van der Waals surface area (Å²) in [7, 11) is 0. The van der Waals surface area contributed by atoms with Crippen LogP contribution in [0.15, 0.2) is 10.5 Å². The summed E-state index contributed by atoms with van der Waals surface area (Å²) in [6, 6.07) is 2.29. The summed E-state index contributed by atoms with van der Waals surface area (Å²) in [6.45, 7) is 4.33. The van der Waals surface area contributed by atoms with Crippen molar-refractivity contribution in [2.75, 3.05) is 6.54 Å². The lowest BCUT2D eigenvalue weighted by Gasteiger charge is -2.22. The highest BCUT2D eigenvalue weighted by Gasteiger charge is 2.17. The molecule has 0 fully saturated rings. The highest BCUT2D eigenvalue weighted by atomic mass is 79.9. The first-order valence-corrected chi connectivity index (χ1v) is 7.51. The molecule has 3 nitrogen and oxygen atoms in total. The largest absolute Gasteiger partial charge is 0.393 e. The Labute approximate surface area is 119 Å². The molecule has 0 aliphatic rings. The summed E-state index contributed by atoms with van der Waals surface area (Å²) in [6.07, 6.45) is 0.395. The Morgan fingerprint density at radius 3 is 2.65 bits per heavy atom. The summed E-state index contributed by atoms with van der Waals surface area (Å²) in [4.78, 5) is 1.11. The van der Waals surface area contributed by atoms with Crippen LogP contribution in [0.5, 0.6) is 0 Å². The molecule has 0 aliphatic heterocycles. The van der Waals surface area contributed by atoms with Gasteiger partial charge in [-0.15, -0.1) is 11.3 Å². The summed E-state index contributed by atoms with van der Waals surface area (Å²) < 4.78 is 1.64. The minimum absolute atomic E-state index is 0.0811. The van der Waals surface area contributed by atoms with Crippen molar-refractivity contribution < 1.29 is 5.11 Å². The molecule has 0 saturated carbocycles. The molecule has 6 heteroatoms. The fourth-order valence-electron chi connectivity index (χ4n) is 1.72. The molecular weight excluding hydrogens is 324 g/mol. The van der Waals surface area contributed by atoms with Crippen LogP contribution in [-0.4, -0.2) is 23.8 Å². The van der Waals surface area contributed by atoms with Crippen molar-refractivity contribution >= 4 is 38.9 Å². The molecule has 1 heterocycles. The van der Waals surface area contributed by atoms with Gasteiger partial charge in [0.25, 0.3) is 0 Å². The standard InChI is InChI=1S/C11H18BrClN2OS/c1-6(3-7(2)16)15-9(5-14)10-4-8(12)11(13)17-10/h4,6-7,9,15-16H,3,5,14H2,1-2H3. The number of rotatable bonds is 6. The monoisotopic (exact) mass is 340 g/mol. The van der Waals surface area contributed by atoms with Crippen LogP contribution < -0.4 is 11.1 Å². The Morgan fingerprint density at radius 2 is 2.24 bits per heavy atom. The molecule has 0 amide bonds. The van der Waals surface area contributed by atoms with Gasteiger partial charge in [0, 0.05) is 21.9 Å². The SMILES string of the molecule is CC(O)CC(C)NC(CN)c1cc(Br)c(Cl)s1. The van der Waals surface area contributed by atoms with Gasteiger partial charge in [-0.05, 0) is 42.3 Å². The van der Waals surface area contributed by atoms with E-state index in [-0.39, 0.29) is 18.2 Å². The minimum atomic E-state index is -0.311. The fourth-order valence-corrected chi connectivity index (χ4v) is 3.53. The third-order valence-corrected chi connectivity index (χ3v) is 5.01. The predicted molar refractivity (Wildman–Crippen MR) is 77.7 cm³/mol. The molecule has 0 aromatic carbocycles. The van der Waals surface area contributed by atoms with Crippen LogP contribution in [0.1, 0.15) is 31.2 Å². The Hall–Kier alpha value is 0.350. The zero-order valence-corrected chi connectivity index (χ0v) is 13.1. The number of nitrogens with one attached hydrogen (secondary N) is 1. The van der Waals surface area contributed by atoms with Gasteiger partial charge >= 0.3 is 0 Å². The maximum Gasteiger partial charge on any atom is 0.107 e. The molecule has 1 rings (SSSR count). The van der Waals surface area contributed by atoms with Gasteiger partial charge in [-0.3, -0.25) is 0 Å². The van der Waals surface area contributed by atoms with Crippen LogP contribution in [0.3, 0.4) is 0 Å². The van der Waals surface area contributed by atoms with Gasteiger partial charge in [-0.25, -0.2) is 0 Å². The molecule has 4 N–H and O–H groups in total. The molecular formula is C11H18BrClN2OS. The Balaban J connectivity index is 2.65. The average Bonchev–Trinajstić information content (AvgIpc) is 2.54. The lowest BCUT2D eigenvalue weighted by atomic mass is 10.1. The van der Waals surface area contributed by atoms with E-state index in [0.717, 1.165) is 13.7 Å². The quantitative estimate of drug-likeness (QED) is 0.745. The Bertz CT molecular complexity index is 340. The molecule has 1 aromatic heterocycles. The van der Waals surface area contributed by atoms with Crippen molar-refractivity contribution in [2.45, 2.75) is 38.5 Å². The van der Waals surface area contributed by atoms with E-state index in [2.05, 4.69) is 21.2 Å². The zero-order valence-electron chi connectivity index (χ0n) is 9.91. The number of thiophene rings is 1. The van der Waals surface area contributed by atoms with E-state index in [9.17, 15) is 5.11 Å². The lowest BCUT2D eigenvalue weighted by Crippen LogP contribution is -2.36. The normalized spacial score (nSPS) is 16.8. The van der Waals surface area contributed by atoms with Crippen molar-refractivity contribution in [3.05, 3.63) is 19.8 Å². The van der Waals surface area contributed by atoms with Gasteiger partial charge < -0.3 is 16.2 Å². The molecule has 3 atom stereocenters. The van der Waals surface area contributed by atoms with Crippen molar-refractivity contribution in [3.63, 3.8) is 0 Å². The molecule has 17 heavy (non-hydrogen) atoms. The second-order valence-corrected chi connectivity index (χ2v) is 6.75. The summed E-state index contributed by atoms with van der Waals surface area (Å²) in [5, 5.41) is 12.7. The number of aliphatic hydroxyl groups excluding tert-OH is 1. The maximum atomic E-state index is 9.33. The van der Waals surface area contributed by atoms with Crippen molar-refractivity contribution in [1.29, 1.82) is 0 Å². The van der Waals surface area contributed by atoms with E-state index in [1.807, 2.05) is 13.0 Å². The van der Waals surface area contributed by atoms with Crippen LogP contribution in [0.2, 0.25) is 4.34 Å². The Morgan fingerprint density at radius 1 is 1.59 bits per heavy atom. The lowest BCUT2D eigenvalue weighted by molar-refractivity contribution is 0.168. The predicted octanol–water partition coefficient (Wildman–Crippen LogP) is 2.91. The van der Waals surface area contributed by atoms with Crippen LogP contribution in [-0.2, 0) is 0 Å². The van der Waals surface area contributed by atoms with Gasteiger partial charge in [-0.2, -0.15) is 0 Å². The first-order chi connectivity index (χ1) is 7.93. The minimum Gasteiger partial charge on any atom is -0.393 e. The number of hydrogen-bond donors (Lipinski definition) is 3. The number of nitrogens with two attached hydrogens (primary N) is 1. The second-order valence-electron chi connectivity index (χ2n) is 4.21. The topological polar surface area (TPSA) is 58.3 Å². The molecule has 0 bridgehead atoms. The summed E-state index contributed by atoms with van der Waals surface area (Å²) >= 11 is 10.9. The highest BCUT2D eigenvalue weighted by Crippen LogP contribution is 2.35. The van der Waals surface area contributed by atoms with Crippen LogP contribution in [0, 0.1) is 0 Å². The molecule has 98 valence electrons. The second kappa shape index (κ2) is 7.07. The first kappa shape index (κ1) is 15.4. The molecule has 1 aromatic rings. The summed E-state index contributed by atoms with van der Waals surface area (Å²) in [5.74, 6) is 0. The molecule has 0 saturated heterocycles. The zero-order chi connectivity index (χ0) is 13.0. The van der Waals surface area contributed by atoms with E-state index < -0.39 is 0 Å². The van der Waals surface area contributed by atoms with E-state index in [4.69, 9.17) is 17.3 Å². The number of aliphatic hydroxyl groups is 1. The van der Waals surface area contributed by atoms with E-state index in [1.165, 1.54) is 11.3 Å². The van der Waals surface area contributed by atoms with Crippen molar-refractivity contribution in [3.8, 4) is 0 Å². The van der Waals surface area contributed by atoms with Gasteiger partial charge in [0.2, 0.25) is 0 Å². The third kappa shape index (κ3) is 4.85. The van der Waals surface area contributed by atoms with Gasteiger partial charge in [-0.1, -0.05) is 11.6 Å². The smallest absolute Gasteiger partial charge is 0.107 e. The van der Waals surface area contributed by atoms with Gasteiger partial charge in [0.1, 0.15) is 4.34 Å². The Kier molecular flexibility index (Phi) is 6.40. The van der Waals surface area contributed by atoms with E-state index in [1.54, 1.807) is 6.92 Å². The molecule has 3 unspecified atom stereocenters. The van der Waals surface area contributed by atoms with Gasteiger partial charge in [0.05, 0.1) is 12.1 Å². The van der Waals surface area contributed by atoms with Crippen molar-refractivity contribution in [1.82, 2.24) is 5.32 Å². The van der Waals surface area contributed by atoms with Crippen LogP contribution in [0.25, 0.3) is 0 Å². The van der Waals surface area contributed by atoms with Crippen LogP contribution in [0.4, 0.5) is 0 Å².